The average molecular weight is 332 g/mol. The first kappa shape index (κ1) is 16.2. The van der Waals surface area contributed by atoms with E-state index in [1.807, 2.05) is 0 Å². The highest BCUT2D eigenvalue weighted by Gasteiger charge is 2.26. The zero-order valence-corrected chi connectivity index (χ0v) is 13.3. The molecule has 2 heterocycles. The van der Waals surface area contributed by atoms with Crippen molar-refractivity contribution >= 4 is 27.5 Å². The molecular formula is C13H18ClN3O3S. The molecule has 1 aliphatic heterocycles. The summed E-state index contributed by atoms with van der Waals surface area (Å²) in [5.41, 5.74) is 0.381. The summed E-state index contributed by atoms with van der Waals surface area (Å²) in [6.45, 7) is 2.60. The van der Waals surface area contributed by atoms with Gasteiger partial charge in [0, 0.05) is 25.3 Å². The first-order chi connectivity index (χ1) is 9.93. The van der Waals surface area contributed by atoms with Crippen molar-refractivity contribution in [2.24, 2.45) is 0 Å². The number of likely N-dealkylation sites (tertiary alicyclic amines) is 1. The summed E-state index contributed by atoms with van der Waals surface area (Å²) >= 11 is 5.92. The number of rotatable bonds is 4. The van der Waals surface area contributed by atoms with Crippen molar-refractivity contribution in [1.29, 1.82) is 0 Å². The van der Waals surface area contributed by atoms with Gasteiger partial charge in [-0.2, -0.15) is 0 Å². The van der Waals surface area contributed by atoms with E-state index in [1.165, 1.54) is 6.20 Å². The van der Waals surface area contributed by atoms with Crippen molar-refractivity contribution in [3.63, 3.8) is 0 Å². The SMILES string of the molecule is CCS(=O)(=O)NC1CCN(C(=O)c2cccnc2Cl)CC1. The highest BCUT2D eigenvalue weighted by atomic mass is 35.5. The second-order valence-electron chi connectivity index (χ2n) is 4.93. The fourth-order valence-corrected chi connectivity index (χ4v) is 3.36. The van der Waals surface area contributed by atoms with Crippen LogP contribution in [0.25, 0.3) is 0 Å². The van der Waals surface area contributed by atoms with Crippen LogP contribution >= 0.6 is 11.6 Å². The minimum Gasteiger partial charge on any atom is -0.338 e. The Bertz CT molecular complexity index is 613. The number of carbonyl (C=O) groups is 1. The Kier molecular flexibility index (Phi) is 5.18. The Labute approximate surface area is 129 Å². The summed E-state index contributed by atoms with van der Waals surface area (Å²) in [6.07, 6.45) is 2.73. The molecule has 1 saturated heterocycles. The van der Waals surface area contributed by atoms with E-state index >= 15 is 0 Å². The number of hydrogen-bond acceptors (Lipinski definition) is 4. The lowest BCUT2D eigenvalue weighted by Gasteiger charge is -2.32. The van der Waals surface area contributed by atoms with Crippen molar-refractivity contribution in [2.45, 2.75) is 25.8 Å². The molecule has 0 aliphatic carbocycles. The lowest BCUT2D eigenvalue weighted by atomic mass is 10.1. The van der Waals surface area contributed by atoms with Gasteiger partial charge in [-0.3, -0.25) is 4.79 Å². The molecule has 21 heavy (non-hydrogen) atoms. The standard InChI is InChI=1S/C13H18ClN3O3S/c1-2-21(19,20)16-10-5-8-17(9-6-10)13(18)11-4-3-7-15-12(11)14/h3-4,7,10,16H,2,5-6,8-9H2,1H3. The molecule has 2 rings (SSSR count). The van der Waals surface area contributed by atoms with E-state index in [0.29, 0.717) is 31.5 Å². The van der Waals surface area contributed by atoms with Crippen LogP contribution in [0.1, 0.15) is 30.1 Å². The van der Waals surface area contributed by atoms with Crippen molar-refractivity contribution < 1.29 is 13.2 Å². The lowest BCUT2D eigenvalue weighted by molar-refractivity contribution is 0.0711. The molecular weight excluding hydrogens is 314 g/mol. The van der Waals surface area contributed by atoms with E-state index in [2.05, 4.69) is 9.71 Å². The number of amides is 1. The molecule has 6 nitrogen and oxygen atoms in total. The number of aromatic nitrogens is 1. The Morgan fingerprint density at radius 2 is 2.14 bits per heavy atom. The highest BCUT2D eigenvalue weighted by Crippen LogP contribution is 2.18. The summed E-state index contributed by atoms with van der Waals surface area (Å²) in [5.74, 6) is -0.0952. The third-order valence-corrected chi connectivity index (χ3v) is 5.25. The fourth-order valence-electron chi connectivity index (χ4n) is 2.25. The number of nitrogens with zero attached hydrogens (tertiary/aromatic N) is 2. The maximum atomic E-state index is 12.3. The normalized spacial score (nSPS) is 17.0. The molecule has 0 saturated carbocycles. The predicted molar refractivity (Wildman–Crippen MR) is 80.8 cm³/mol. The molecule has 0 atom stereocenters. The molecule has 1 aliphatic rings. The van der Waals surface area contributed by atoms with Crippen LogP contribution in [0.3, 0.4) is 0 Å². The highest BCUT2D eigenvalue weighted by molar-refractivity contribution is 7.89. The Balaban J connectivity index is 1.95. The minimum absolute atomic E-state index is 0.0669. The van der Waals surface area contributed by atoms with Crippen LogP contribution in [0, 0.1) is 0 Å². The van der Waals surface area contributed by atoms with Crippen LogP contribution in [0.2, 0.25) is 5.15 Å². The first-order valence-corrected chi connectivity index (χ1v) is 8.85. The fraction of sp³-hybridized carbons (Fsp3) is 0.538. The van der Waals surface area contributed by atoms with E-state index in [4.69, 9.17) is 11.6 Å². The number of piperidine rings is 1. The van der Waals surface area contributed by atoms with Crippen LogP contribution in [0.5, 0.6) is 0 Å². The third-order valence-electron chi connectivity index (χ3n) is 3.50. The van der Waals surface area contributed by atoms with Crippen LogP contribution in [0.15, 0.2) is 18.3 Å². The molecule has 1 aromatic rings. The van der Waals surface area contributed by atoms with Gasteiger partial charge in [0.15, 0.2) is 0 Å². The van der Waals surface area contributed by atoms with E-state index < -0.39 is 10.0 Å². The maximum absolute atomic E-state index is 12.3. The number of nitrogens with one attached hydrogen (secondary N) is 1. The molecule has 0 unspecified atom stereocenters. The molecule has 1 fully saturated rings. The van der Waals surface area contributed by atoms with Crippen molar-refractivity contribution in [3.8, 4) is 0 Å². The molecule has 8 heteroatoms. The average Bonchev–Trinajstić information content (AvgIpc) is 2.47. The van der Waals surface area contributed by atoms with E-state index in [1.54, 1.807) is 24.0 Å². The van der Waals surface area contributed by atoms with Crippen LogP contribution in [-0.4, -0.2) is 49.1 Å². The van der Waals surface area contributed by atoms with Crippen LogP contribution in [-0.2, 0) is 10.0 Å². The topological polar surface area (TPSA) is 79.4 Å². The Morgan fingerprint density at radius 1 is 1.48 bits per heavy atom. The van der Waals surface area contributed by atoms with Crippen molar-refractivity contribution in [1.82, 2.24) is 14.6 Å². The van der Waals surface area contributed by atoms with Gasteiger partial charge in [0.25, 0.3) is 5.91 Å². The first-order valence-electron chi connectivity index (χ1n) is 6.82. The molecule has 1 aromatic heterocycles. The predicted octanol–water partition coefficient (Wildman–Crippen LogP) is 1.28. The van der Waals surface area contributed by atoms with Gasteiger partial charge < -0.3 is 4.90 Å². The van der Waals surface area contributed by atoms with E-state index in [-0.39, 0.29) is 22.9 Å². The van der Waals surface area contributed by atoms with Gasteiger partial charge in [0.1, 0.15) is 5.15 Å². The summed E-state index contributed by atoms with van der Waals surface area (Å²) in [4.78, 5) is 17.9. The Hall–Kier alpha value is -1.18. The smallest absolute Gasteiger partial charge is 0.256 e. The van der Waals surface area contributed by atoms with Gasteiger partial charge in [-0.25, -0.2) is 18.1 Å². The summed E-state index contributed by atoms with van der Waals surface area (Å²) in [6, 6.07) is 3.20. The van der Waals surface area contributed by atoms with Gasteiger partial charge in [0.05, 0.1) is 11.3 Å². The van der Waals surface area contributed by atoms with Crippen molar-refractivity contribution in [3.05, 3.63) is 29.0 Å². The Morgan fingerprint density at radius 3 is 2.71 bits per heavy atom. The van der Waals surface area contributed by atoms with Gasteiger partial charge in [-0.1, -0.05) is 11.6 Å². The quantitative estimate of drug-likeness (QED) is 0.843. The molecule has 0 aromatic carbocycles. The molecule has 0 spiro atoms. The zero-order chi connectivity index (χ0) is 15.5. The summed E-state index contributed by atoms with van der Waals surface area (Å²) in [5, 5.41) is 0.191. The van der Waals surface area contributed by atoms with E-state index in [0.717, 1.165) is 0 Å². The second kappa shape index (κ2) is 6.72. The minimum atomic E-state index is -3.20. The second-order valence-corrected chi connectivity index (χ2v) is 7.33. The van der Waals surface area contributed by atoms with Gasteiger partial charge >= 0.3 is 0 Å². The number of carbonyl (C=O) groups excluding carboxylic acids is 1. The van der Waals surface area contributed by atoms with Gasteiger partial charge in [-0.05, 0) is 31.9 Å². The maximum Gasteiger partial charge on any atom is 0.256 e. The molecule has 0 radical (unpaired) electrons. The van der Waals surface area contributed by atoms with E-state index in [9.17, 15) is 13.2 Å². The molecule has 0 bridgehead atoms. The lowest BCUT2D eigenvalue weighted by Crippen LogP contribution is -2.46. The number of pyridine rings is 1. The molecule has 116 valence electrons. The number of hydrogen-bond donors (Lipinski definition) is 1. The number of halogens is 1. The zero-order valence-electron chi connectivity index (χ0n) is 11.8. The van der Waals surface area contributed by atoms with Crippen molar-refractivity contribution in [2.75, 3.05) is 18.8 Å². The largest absolute Gasteiger partial charge is 0.338 e. The van der Waals surface area contributed by atoms with Crippen LogP contribution in [0.4, 0.5) is 0 Å². The summed E-state index contributed by atoms with van der Waals surface area (Å²) in [7, 11) is -3.20. The van der Waals surface area contributed by atoms with Crippen LogP contribution < -0.4 is 4.72 Å². The summed E-state index contributed by atoms with van der Waals surface area (Å²) < 4.78 is 25.7. The molecule has 1 N–H and O–H groups in total. The third kappa shape index (κ3) is 4.15. The monoisotopic (exact) mass is 331 g/mol. The van der Waals surface area contributed by atoms with Gasteiger partial charge in [-0.15, -0.1) is 0 Å². The molecule has 1 amide bonds. The van der Waals surface area contributed by atoms with Gasteiger partial charge in [0.2, 0.25) is 10.0 Å². The number of sulfonamides is 1.